The van der Waals surface area contributed by atoms with Gasteiger partial charge >= 0.3 is 0 Å². The van der Waals surface area contributed by atoms with E-state index in [1.54, 1.807) is 0 Å². The van der Waals surface area contributed by atoms with Gasteiger partial charge in [0.2, 0.25) is 0 Å². The lowest BCUT2D eigenvalue weighted by atomic mass is 10.2. The molecular formula is C11H13ClN2O5S. The molecule has 1 N–H and O–H groups in total. The van der Waals surface area contributed by atoms with E-state index in [-0.39, 0.29) is 35.0 Å². The van der Waals surface area contributed by atoms with Gasteiger partial charge in [0, 0.05) is 24.4 Å². The van der Waals surface area contributed by atoms with Crippen molar-refractivity contribution in [3.63, 3.8) is 0 Å². The summed E-state index contributed by atoms with van der Waals surface area (Å²) in [5.74, 6) is -0.549. The average molecular weight is 321 g/mol. The fourth-order valence-electron chi connectivity index (χ4n) is 1.43. The SMILES string of the molecule is CS(=O)(=O)CCCNC(=O)c1ccc(Cl)c([N+](=O)[O-])c1. The Labute approximate surface area is 121 Å². The fourth-order valence-corrected chi connectivity index (χ4v) is 2.29. The van der Waals surface area contributed by atoms with Crippen molar-refractivity contribution < 1.29 is 18.1 Å². The standard InChI is InChI=1S/C11H13ClN2O5S/c1-20(18,19)6-2-5-13-11(15)8-3-4-9(12)10(7-8)14(16)17/h3-4,7H,2,5-6H2,1H3,(H,13,15). The molecule has 1 aromatic rings. The molecule has 0 aliphatic rings. The molecule has 1 aromatic carbocycles. The van der Waals surface area contributed by atoms with Crippen LogP contribution in [0.3, 0.4) is 0 Å². The normalized spacial score (nSPS) is 11.1. The van der Waals surface area contributed by atoms with Gasteiger partial charge in [-0.1, -0.05) is 11.6 Å². The van der Waals surface area contributed by atoms with E-state index in [0.29, 0.717) is 0 Å². The summed E-state index contributed by atoms with van der Waals surface area (Å²) in [5.41, 5.74) is -0.254. The molecule has 7 nitrogen and oxygen atoms in total. The zero-order chi connectivity index (χ0) is 15.3. The Morgan fingerprint density at radius 3 is 2.65 bits per heavy atom. The van der Waals surface area contributed by atoms with Crippen molar-refractivity contribution in [1.82, 2.24) is 5.32 Å². The molecule has 0 spiro atoms. The second-order valence-electron chi connectivity index (χ2n) is 4.16. The molecule has 1 amide bonds. The zero-order valence-electron chi connectivity index (χ0n) is 10.6. The van der Waals surface area contributed by atoms with Gasteiger partial charge in [0.1, 0.15) is 14.9 Å². The number of nitro benzene ring substituents is 1. The summed E-state index contributed by atoms with van der Waals surface area (Å²) >= 11 is 5.63. The van der Waals surface area contributed by atoms with E-state index < -0.39 is 20.7 Å². The van der Waals surface area contributed by atoms with E-state index in [4.69, 9.17) is 11.6 Å². The maximum Gasteiger partial charge on any atom is 0.288 e. The molecule has 0 aliphatic carbocycles. The van der Waals surface area contributed by atoms with Gasteiger partial charge in [-0.25, -0.2) is 8.42 Å². The molecule has 110 valence electrons. The van der Waals surface area contributed by atoms with E-state index in [2.05, 4.69) is 5.32 Å². The molecule has 1 rings (SSSR count). The lowest BCUT2D eigenvalue weighted by molar-refractivity contribution is -0.384. The van der Waals surface area contributed by atoms with Crippen LogP contribution in [0, 0.1) is 10.1 Å². The fraction of sp³-hybridized carbons (Fsp3) is 0.364. The first-order valence-corrected chi connectivity index (χ1v) is 8.04. The summed E-state index contributed by atoms with van der Waals surface area (Å²) in [6, 6.07) is 3.71. The highest BCUT2D eigenvalue weighted by Gasteiger charge is 2.16. The summed E-state index contributed by atoms with van der Waals surface area (Å²) in [6.07, 6.45) is 1.39. The number of nitrogens with one attached hydrogen (secondary N) is 1. The summed E-state index contributed by atoms with van der Waals surface area (Å²) < 4.78 is 21.8. The smallest absolute Gasteiger partial charge is 0.288 e. The third kappa shape index (κ3) is 5.14. The largest absolute Gasteiger partial charge is 0.352 e. The molecule has 0 saturated carbocycles. The van der Waals surface area contributed by atoms with Crippen LogP contribution >= 0.6 is 11.6 Å². The molecule has 0 fully saturated rings. The molecule has 0 radical (unpaired) electrons. The number of rotatable bonds is 6. The van der Waals surface area contributed by atoms with E-state index in [1.165, 1.54) is 12.1 Å². The molecule has 0 unspecified atom stereocenters. The van der Waals surface area contributed by atoms with Crippen molar-refractivity contribution in [3.05, 3.63) is 38.9 Å². The van der Waals surface area contributed by atoms with Gasteiger partial charge in [0.25, 0.3) is 11.6 Å². The summed E-state index contributed by atoms with van der Waals surface area (Å²) in [6.45, 7) is 0.169. The number of sulfone groups is 1. The monoisotopic (exact) mass is 320 g/mol. The summed E-state index contributed by atoms with van der Waals surface area (Å²) in [5, 5.41) is 13.1. The van der Waals surface area contributed by atoms with E-state index in [0.717, 1.165) is 12.3 Å². The van der Waals surface area contributed by atoms with Gasteiger partial charge in [-0.05, 0) is 18.6 Å². The molecular weight excluding hydrogens is 308 g/mol. The van der Waals surface area contributed by atoms with E-state index >= 15 is 0 Å². The summed E-state index contributed by atoms with van der Waals surface area (Å²) in [7, 11) is -3.07. The van der Waals surface area contributed by atoms with Crippen molar-refractivity contribution in [2.75, 3.05) is 18.6 Å². The van der Waals surface area contributed by atoms with Crippen LogP contribution in [0.1, 0.15) is 16.8 Å². The Hall–Kier alpha value is -1.67. The predicted molar refractivity (Wildman–Crippen MR) is 74.8 cm³/mol. The number of hydrogen-bond donors (Lipinski definition) is 1. The lowest BCUT2D eigenvalue weighted by Crippen LogP contribution is -2.25. The quantitative estimate of drug-likeness (QED) is 0.484. The average Bonchev–Trinajstić information content (AvgIpc) is 2.33. The Morgan fingerprint density at radius 2 is 2.10 bits per heavy atom. The number of hydrogen-bond acceptors (Lipinski definition) is 5. The van der Waals surface area contributed by atoms with E-state index in [9.17, 15) is 23.3 Å². The molecule has 0 bridgehead atoms. The number of nitro groups is 1. The first-order valence-electron chi connectivity index (χ1n) is 5.60. The minimum Gasteiger partial charge on any atom is -0.352 e. The van der Waals surface area contributed by atoms with Crippen LogP contribution in [0.5, 0.6) is 0 Å². The van der Waals surface area contributed by atoms with Gasteiger partial charge in [-0.15, -0.1) is 0 Å². The number of benzene rings is 1. The minimum atomic E-state index is -3.07. The second-order valence-corrected chi connectivity index (χ2v) is 6.83. The Morgan fingerprint density at radius 1 is 1.45 bits per heavy atom. The number of amides is 1. The van der Waals surface area contributed by atoms with Gasteiger partial charge in [-0.2, -0.15) is 0 Å². The van der Waals surface area contributed by atoms with Crippen molar-refractivity contribution in [3.8, 4) is 0 Å². The highest BCUT2D eigenvalue weighted by molar-refractivity contribution is 7.90. The molecule has 0 aliphatic heterocycles. The number of carbonyl (C=O) groups is 1. The van der Waals surface area contributed by atoms with Gasteiger partial charge < -0.3 is 5.32 Å². The Balaban J connectivity index is 2.64. The van der Waals surface area contributed by atoms with Crippen LogP contribution in [0.25, 0.3) is 0 Å². The van der Waals surface area contributed by atoms with Crippen LogP contribution in [0.15, 0.2) is 18.2 Å². The van der Waals surface area contributed by atoms with Crippen molar-refractivity contribution in [1.29, 1.82) is 0 Å². The number of nitrogens with zero attached hydrogens (tertiary/aromatic N) is 1. The van der Waals surface area contributed by atoms with Crippen molar-refractivity contribution in [2.45, 2.75) is 6.42 Å². The topological polar surface area (TPSA) is 106 Å². The summed E-state index contributed by atoms with van der Waals surface area (Å²) in [4.78, 5) is 21.7. The Kier molecular flexibility index (Phi) is 5.46. The lowest BCUT2D eigenvalue weighted by Gasteiger charge is -2.05. The molecule has 9 heteroatoms. The van der Waals surface area contributed by atoms with Crippen LogP contribution in [-0.2, 0) is 9.84 Å². The predicted octanol–water partition coefficient (Wildman–Crippen LogP) is 1.41. The number of halogens is 1. The van der Waals surface area contributed by atoms with Gasteiger partial charge in [0.05, 0.1) is 10.7 Å². The maximum absolute atomic E-state index is 11.7. The van der Waals surface area contributed by atoms with Crippen LogP contribution < -0.4 is 5.32 Å². The second kappa shape index (κ2) is 6.67. The van der Waals surface area contributed by atoms with Crippen molar-refractivity contribution >= 4 is 33.0 Å². The first-order chi connectivity index (χ1) is 9.20. The van der Waals surface area contributed by atoms with Crippen LogP contribution in [0.2, 0.25) is 5.02 Å². The number of carbonyl (C=O) groups excluding carboxylic acids is 1. The highest BCUT2D eigenvalue weighted by atomic mass is 35.5. The third-order valence-electron chi connectivity index (χ3n) is 2.38. The Bertz CT molecular complexity index is 630. The van der Waals surface area contributed by atoms with Crippen LogP contribution in [-0.4, -0.2) is 37.8 Å². The molecule has 0 aromatic heterocycles. The first kappa shape index (κ1) is 16.4. The van der Waals surface area contributed by atoms with Crippen molar-refractivity contribution in [2.24, 2.45) is 0 Å². The minimum absolute atomic E-state index is 0.0337. The third-order valence-corrected chi connectivity index (χ3v) is 3.73. The molecule has 20 heavy (non-hydrogen) atoms. The molecule has 0 heterocycles. The zero-order valence-corrected chi connectivity index (χ0v) is 12.2. The molecule has 0 saturated heterocycles. The highest BCUT2D eigenvalue weighted by Crippen LogP contribution is 2.24. The van der Waals surface area contributed by atoms with Gasteiger partial charge in [0.15, 0.2) is 0 Å². The van der Waals surface area contributed by atoms with Crippen LogP contribution in [0.4, 0.5) is 5.69 Å². The molecule has 0 atom stereocenters. The maximum atomic E-state index is 11.7. The van der Waals surface area contributed by atoms with E-state index in [1.807, 2.05) is 0 Å². The van der Waals surface area contributed by atoms with Gasteiger partial charge in [-0.3, -0.25) is 14.9 Å².